The normalized spacial score (nSPS) is 14.7. The van der Waals surface area contributed by atoms with Gasteiger partial charge in [0.1, 0.15) is 0 Å². The van der Waals surface area contributed by atoms with Crippen LogP contribution in [0.25, 0.3) is 0 Å². The molecule has 13 heavy (non-hydrogen) atoms. The molecular weight excluding hydrogens is 158 g/mol. The maximum atomic E-state index is 4.35. The van der Waals surface area contributed by atoms with Gasteiger partial charge in [0.2, 0.25) is 0 Å². The van der Waals surface area contributed by atoms with Crippen LogP contribution in [0.4, 0.5) is 0 Å². The Balaban J connectivity index is 0.000000396. The fourth-order valence-electron chi connectivity index (χ4n) is 1.32. The van der Waals surface area contributed by atoms with Crippen molar-refractivity contribution in [1.29, 1.82) is 0 Å². The molecule has 1 aromatic heterocycles. The summed E-state index contributed by atoms with van der Waals surface area (Å²) >= 11 is 0. The minimum absolute atomic E-state index is 0.793. The number of aryl methyl sites for hydroxylation is 1. The Kier molecular flexibility index (Phi) is 3.94. The minimum Gasteiger partial charge on any atom is -0.261 e. The van der Waals surface area contributed by atoms with Crippen molar-refractivity contribution in [2.75, 3.05) is 0 Å². The zero-order valence-corrected chi connectivity index (χ0v) is 8.88. The van der Waals surface area contributed by atoms with Crippen LogP contribution in [-0.4, -0.2) is 4.98 Å². The molecule has 72 valence electrons. The van der Waals surface area contributed by atoms with Crippen molar-refractivity contribution < 1.29 is 0 Å². The van der Waals surface area contributed by atoms with Crippen molar-refractivity contribution in [1.82, 2.24) is 4.98 Å². The highest BCUT2D eigenvalue weighted by atomic mass is 14.7. The van der Waals surface area contributed by atoms with Gasteiger partial charge in [-0.15, -0.1) is 0 Å². The second kappa shape index (κ2) is 5.00. The van der Waals surface area contributed by atoms with E-state index in [9.17, 15) is 0 Å². The molecule has 2 rings (SSSR count). The number of nitrogens with zero attached hydrogens (tertiary/aromatic N) is 1. The Bertz CT molecular complexity index is 251. The van der Waals surface area contributed by atoms with E-state index in [-0.39, 0.29) is 0 Å². The van der Waals surface area contributed by atoms with Crippen molar-refractivity contribution in [3.63, 3.8) is 0 Å². The first-order valence-corrected chi connectivity index (χ1v) is 5.35. The van der Waals surface area contributed by atoms with Gasteiger partial charge in [0.05, 0.1) is 0 Å². The highest BCUT2D eigenvalue weighted by molar-refractivity contribution is 5.21. The summed E-state index contributed by atoms with van der Waals surface area (Å²) in [7, 11) is 0. The van der Waals surface area contributed by atoms with Crippen LogP contribution in [0.2, 0.25) is 0 Å². The van der Waals surface area contributed by atoms with E-state index in [1.165, 1.54) is 24.1 Å². The number of rotatable bonds is 2. The van der Waals surface area contributed by atoms with Gasteiger partial charge in [-0.25, -0.2) is 0 Å². The number of hydrogen-bond acceptors (Lipinski definition) is 1. The first-order chi connectivity index (χ1) is 6.40. The van der Waals surface area contributed by atoms with Gasteiger partial charge in [0, 0.05) is 17.8 Å². The fraction of sp³-hybridized carbons (Fsp3) is 0.583. The van der Waals surface area contributed by atoms with Gasteiger partial charge in [-0.05, 0) is 37.0 Å². The molecule has 0 unspecified atom stereocenters. The van der Waals surface area contributed by atoms with E-state index in [1.54, 1.807) is 0 Å². The molecule has 1 aliphatic rings. The predicted octanol–water partition coefficient (Wildman–Crippen LogP) is 3.55. The van der Waals surface area contributed by atoms with Crippen molar-refractivity contribution in [2.45, 2.75) is 46.0 Å². The summed E-state index contributed by atoms with van der Waals surface area (Å²) < 4.78 is 0. The van der Waals surface area contributed by atoms with E-state index >= 15 is 0 Å². The number of aromatic nitrogens is 1. The molecule has 1 heteroatoms. The van der Waals surface area contributed by atoms with E-state index < -0.39 is 0 Å². The highest BCUT2D eigenvalue weighted by Gasteiger charge is 2.24. The van der Waals surface area contributed by atoms with Crippen LogP contribution < -0.4 is 0 Å². The maximum Gasteiger partial charge on any atom is 0.0437 e. The average Bonchev–Trinajstić information content (AvgIpc) is 3.04. The summed E-state index contributed by atoms with van der Waals surface area (Å²) in [4.78, 5) is 4.35. The lowest BCUT2D eigenvalue weighted by atomic mass is 10.1. The van der Waals surface area contributed by atoms with Crippen LogP contribution in [-0.2, 0) is 6.42 Å². The molecule has 0 saturated heterocycles. The van der Waals surface area contributed by atoms with Crippen LogP contribution in [0.15, 0.2) is 18.3 Å². The Morgan fingerprint density at radius 1 is 1.38 bits per heavy atom. The molecule has 0 spiro atoms. The number of hydrogen-bond donors (Lipinski definition) is 0. The van der Waals surface area contributed by atoms with Crippen LogP contribution >= 0.6 is 0 Å². The molecule has 1 saturated carbocycles. The Labute approximate surface area is 81.2 Å². The third-order valence-corrected chi connectivity index (χ3v) is 2.25. The summed E-state index contributed by atoms with van der Waals surface area (Å²) in [6.45, 7) is 6.19. The largest absolute Gasteiger partial charge is 0.261 e. The fourth-order valence-corrected chi connectivity index (χ4v) is 1.32. The van der Waals surface area contributed by atoms with Gasteiger partial charge < -0.3 is 0 Å². The molecule has 1 nitrogen and oxygen atoms in total. The van der Waals surface area contributed by atoms with Gasteiger partial charge in [0.25, 0.3) is 0 Å². The van der Waals surface area contributed by atoms with Gasteiger partial charge >= 0.3 is 0 Å². The van der Waals surface area contributed by atoms with Crippen molar-refractivity contribution >= 4 is 0 Å². The standard InChI is InChI=1S/C10H13N.C2H6/c1-2-8-5-6-11-10(7-8)9-3-4-9;1-2/h5-7,9H,2-4H2,1H3;1-2H3. The molecule has 0 aromatic carbocycles. The van der Waals surface area contributed by atoms with E-state index in [4.69, 9.17) is 0 Å². The smallest absolute Gasteiger partial charge is 0.0437 e. The zero-order chi connectivity index (χ0) is 9.68. The molecule has 1 heterocycles. The summed E-state index contributed by atoms with van der Waals surface area (Å²) in [5.74, 6) is 0.793. The lowest BCUT2D eigenvalue weighted by Gasteiger charge is -1.99. The summed E-state index contributed by atoms with van der Waals surface area (Å²) in [6, 6.07) is 4.35. The molecule has 0 atom stereocenters. The Morgan fingerprint density at radius 3 is 2.62 bits per heavy atom. The summed E-state index contributed by atoms with van der Waals surface area (Å²) in [5, 5.41) is 0. The lowest BCUT2D eigenvalue weighted by Crippen LogP contribution is -1.88. The maximum absolute atomic E-state index is 4.35. The van der Waals surface area contributed by atoms with E-state index in [1.807, 2.05) is 20.0 Å². The minimum atomic E-state index is 0.793. The molecule has 0 amide bonds. The molecule has 1 aliphatic carbocycles. The van der Waals surface area contributed by atoms with E-state index in [0.717, 1.165) is 12.3 Å². The first-order valence-electron chi connectivity index (χ1n) is 5.35. The third-order valence-electron chi connectivity index (χ3n) is 2.25. The molecule has 1 aromatic rings. The van der Waals surface area contributed by atoms with Crippen LogP contribution in [0, 0.1) is 0 Å². The predicted molar refractivity (Wildman–Crippen MR) is 56.9 cm³/mol. The highest BCUT2D eigenvalue weighted by Crippen LogP contribution is 2.38. The van der Waals surface area contributed by atoms with Crippen molar-refractivity contribution in [2.24, 2.45) is 0 Å². The summed E-state index contributed by atoms with van der Waals surface area (Å²) in [6.07, 6.45) is 5.76. The van der Waals surface area contributed by atoms with Crippen LogP contribution in [0.3, 0.4) is 0 Å². The molecule has 0 N–H and O–H groups in total. The van der Waals surface area contributed by atoms with Crippen LogP contribution in [0.5, 0.6) is 0 Å². The molecule has 0 bridgehead atoms. The van der Waals surface area contributed by atoms with Gasteiger partial charge in [-0.1, -0.05) is 20.8 Å². The van der Waals surface area contributed by atoms with Crippen molar-refractivity contribution in [3.05, 3.63) is 29.6 Å². The van der Waals surface area contributed by atoms with Crippen molar-refractivity contribution in [3.8, 4) is 0 Å². The Morgan fingerprint density at radius 2 is 2.08 bits per heavy atom. The average molecular weight is 177 g/mol. The second-order valence-corrected chi connectivity index (χ2v) is 3.22. The number of pyridine rings is 1. The molecule has 0 aliphatic heterocycles. The zero-order valence-electron chi connectivity index (χ0n) is 8.88. The third kappa shape index (κ3) is 2.83. The quantitative estimate of drug-likeness (QED) is 0.673. The molecule has 0 radical (unpaired) electrons. The van der Waals surface area contributed by atoms with E-state index in [2.05, 4.69) is 24.0 Å². The second-order valence-electron chi connectivity index (χ2n) is 3.22. The van der Waals surface area contributed by atoms with Gasteiger partial charge in [0.15, 0.2) is 0 Å². The van der Waals surface area contributed by atoms with Gasteiger partial charge in [-0.2, -0.15) is 0 Å². The topological polar surface area (TPSA) is 12.9 Å². The summed E-state index contributed by atoms with van der Waals surface area (Å²) in [5.41, 5.74) is 2.73. The SMILES string of the molecule is CC.CCc1ccnc(C2CC2)c1. The monoisotopic (exact) mass is 177 g/mol. The Hall–Kier alpha value is -0.850. The first kappa shape index (κ1) is 10.2. The van der Waals surface area contributed by atoms with Gasteiger partial charge in [-0.3, -0.25) is 4.98 Å². The molecule has 1 fully saturated rings. The van der Waals surface area contributed by atoms with E-state index in [0.29, 0.717) is 0 Å². The molecular formula is C12H19N. The van der Waals surface area contributed by atoms with Crippen LogP contribution in [0.1, 0.15) is 50.8 Å². The lowest BCUT2D eigenvalue weighted by molar-refractivity contribution is 0.995.